The van der Waals surface area contributed by atoms with Crippen molar-refractivity contribution in [3.05, 3.63) is 51.7 Å². The second-order valence-corrected chi connectivity index (χ2v) is 6.15. The van der Waals surface area contributed by atoms with Crippen molar-refractivity contribution in [2.75, 3.05) is 11.9 Å². The van der Waals surface area contributed by atoms with Crippen LogP contribution in [0.3, 0.4) is 0 Å². The van der Waals surface area contributed by atoms with E-state index in [-0.39, 0.29) is 6.54 Å². The zero-order valence-electron chi connectivity index (χ0n) is 11.8. The van der Waals surface area contributed by atoms with Crippen LogP contribution in [0.1, 0.15) is 12.5 Å². The summed E-state index contributed by atoms with van der Waals surface area (Å²) in [6.45, 7) is 1.51. The lowest BCUT2D eigenvalue weighted by atomic mass is 9.99. The summed E-state index contributed by atoms with van der Waals surface area (Å²) in [6, 6.07) is 8.25. The van der Waals surface area contributed by atoms with Gasteiger partial charge in [-0.1, -0.05) is 17.7 Å². The molecule has 2 rings (SSSR count). The number of nitrogens with one attached hydrogen (secondary N) is 2. The van der Waals surface area contributed by atoms with Gasteiger partial charge in [-0.2, -0.15) is 11.3 Å². The van der Waals surface area contributed by atoms with Crippen molar-refractivity contribution in [2.45, 2.75) is 12.5 Å². The van der Waals surface area contributed by atoms with Crippen molar-refractivity contribution in [1.82, 2.24) is 5.32 Å². The number of hydrogen-bond donors (Lipinski definition) is 3. The highest BCUT2D eigenvalue weighted by Crippen LogP contribution is 2.22. The third-order valence-electron chi connectivity index (χ3n) is 3.02. The van der Waals surface area contributed by atoms with Crippen LogP contribution in [-0.4, -0.2) is 23.5 Å². The van der Waals surface area contributed by atoms with Gasteiger partial charge in [-0.15, -0.1) is 0 Å². The molecule has 0 bridgehead atoms. The second-order valence-electron chi connectivity index (χ2n) is 4.93. The number of carbonyl (C=O) groups excluding carboxylic acids is 2. The molecule has 3 N–H and O–H groups in total. The number of benzene rings is 1. The number of rotatable bonds is 4. The zero-order chi connectivity index (χ0) is 16.2. The van der Waals surface area contributed by atoms with Gasteiger partial charge in [0.2, 0.25) is 0 Å². The van der Waals surface area contributed by atoms with E-state index in [1.54, 1.807) is 36.6 Å². The molecule has 0 aliphatic carbocycles. The molecule has 1 unspecified atom stereocenters. The van der Waals surface area contributed by atoms with Crippen LogP contribution < -0.4 is 10.6 Å². The monoisotopic (exact) mass is 338 g/mol. The standard InChI is InChI=1S/C15H15ClN2O3S/c1-15(21,10-5-6-22-8-10)9-17-13(19)14(20)18-12-4-2-3-11(16)7-12/h2-8,21H,9H2,1H3,(H,17,19)(H,18,20). The molecule has 0 aliphatic rings. The predicted octanol–water partition coefficient (Wildman–Crippen LogP) is 2.36. The van der Waals surface area contributed by atoms with E-state index in [1.165, 1.54) is 17.4 Å². The molecule has 1 aromatic carbocycles. The van der Waals surface area contributed by atoms with Gasteiger partial charge in [0, 0.05) is 10.7 Å². The average molecular weight is 339 g/mol. The van der Waals surface area contributed by atoms with Crippen molar-refractivity contribution >= 4 is 40.4 Å². The third kappa shape index (κ3) is 4.30. The first-order valence-electron chi connectivity index (χ1n) is 6.48. The van der Waals surface area contributed by atoms with Crippen LogP contribution in [0.2, 0.25) is 5.02 Å². The molecule has 7 heteroatoms. The molecule has 0 saturated heterocycles. The third-order valence-corrected chi connectivity index (χ3v) is 3.94. The Labute approximate surface area is 136 Å². The number of thiophene rings is 1. The Kier molecular flexibility index (Phi) is 5.18. The van der Waals surface area contributed by atoms with Gasteiger partial charge in [0.15, 0.2) is 0 Å². The normalized spacial score (nSPS) is 13.2. The van der Waals surface area contributed by atoms with Crippen molar-refractivity contribution in [2.24, 2.45) is 0 Å². The molecular weight excluding hydrogens is 324 g/mol. The minimum absolute atomic E-state index is 0.0640. The summed E-state index contributed by atoms with van der Waals surface area (Å²) in [4.78, 5) is 23.6. The highest BCUT2D eigenvalue weighted by atomic mass is 35.5. The van der Waals surface area contributed by atoms with E-state index in [2.05, 4.69) is 10.6 Å². The van der Waals surface area contributed by atoms with Crippen molar-refractivity contribution < 1.29 is 14.7 Å². The molecule has 116 valence electrons. The molecule has 1 atom stereocenters. The molecule has 0 saturated carbocycles. The quantitative estimate of drug-likeness (QED) is 0.749. The number of aliphatic hydroxyl groups is 1. The van der Waals surface area contributed by atoms with Crippen LogP contribution in [0.25, 0.3) is 0 Å². The van der Waals surface area contributed by atoms with Gasteiger partial charge in [-0.05, 0) is 47.5 Å². The summed E-state index contributed by atoms with van der Waals surface area (Å²) in [6.07, 6.45) is 0. The minimum Gasteiger partial charge on any atom is -0.384 e. The molecular formula is C15H15ClN2O3S. The van der Waals surface area contributed by atoms with Crippen molar-refractivity contribution in [3.63, 3.8) is 0 Å². The maximum absolute atomic E-state index is 11.8. The Morgan fingerprint density at radius 3 is 2.73 bits per heavy atom. The van der Waals surface area contributed by atoms with E-state index in [0.717, 1.165) is 0 Å². The molecule has 1 heterocycles. The summed E-state index contributed by atoms with van der Waals surface area (Å²) < 4.78 is 0. The Bertz CT molecular complexity index is 671. The molecule has 0 radical (unpaired) electrons. The highest BCUT2D eigenvalue weighted by Gasteiger charge is 2.25. The smallest absolute Gasteiger partial charge is 0.313 e. The summed E-state index contributed by atoms with van der Waals surface area (Å²) in [5.41, 5.74) is -0.114. The molecule has 1 aromatic heterocycles. The fraction of sp³-hybridized carbons (Fsp3) is 0.200. The van der Waals surface area contributed by atoms with Crippen LogP contribution in [0.4, 0.5) is 5.69 Å². The lowest BCUT2D eigenvalue weighted by Crippen LogP contribution is -2.43. The molecule has 2 amide bonds. The van der Waals surface area contributed by atoms with E-state index in [1.807, 2.05) is 5.38 Å². The van der Waals surface area contributed by atoms with Gasteiger partial charge >= 0.3 is 11.8 Å². The summed E-state index contributed by atoms with van der Waals surface area (Å²) >= 11 is 7.25. The number of amides is 2. The number of carbonyl (C=O) groups is 2. The summed E-state index contributed by atoms with van der Waals surface area (Å²) in [7, 11) is 0. The zero-order valence-corrected chi connectivity index (χ0v) is 13.4. The number of anilines is 1. The Balaban J connectivity index is 1.90. The number of halogens is 1. The van der Waals surface area contributed by atoms with Crippen LogP contribution in [0.15, 0.2) is 41.1 Å². The maximum atomic E-state index is 11.8. The van der Waals surface area contributed by atoms with Gasteiger partial charge in [0.1, 0.15) is 5.60 Å². The largest absolute Gasteiger partial charge is 0.384 e. The lowest BCUT2D eigenvalue weighted by Gasteiger charge is -2.22. The van der Waals surface area contributed by atoms with E-state index in [0.29, 0.717) is 16.3 Å². The minimum atomic E-state index is -1.23. The second kappa shape index (κ2) is 6.91. The van der Waals surface area contributed by atoms with Gasteiger partial charge < -0.3 is 15.7 Å². The Morgan fingerprint density at radius 2 is 2.09 bits per heavy atom. The molecule has 2 aromatic rings. The summed E-state index contributed by atoms with van der Waals surface area (Å²) in [5.74, 6) is -1.64. The van der Waals surface area contributed by atoms with Crippen LogP contribution in [0.5, 0.6) is 0 Å². The summed E-state index contributed by atoms with van der Waals surface area (Å²) in [5, 5.41) is 19.2. The van der Waals surface area contributed by atoms with Gasteiger partial charge in [0.25, 0.3) is 0 Å². The van der Waals surface area contributed by atoms with Crippen molar-refractivity contribution in [1.29, 1.82) is 0 Å². The topological polar surface area (TPSA) is 78.4 Å². The molecule has 22 heavy (non-hydrogen) atoms. The Hall–Kier alpha value is -1.89. The van der Waals surface area contributed by atoms with E-state index in [9.17, 15) is 14.7 Å². The maximum Gasteiger partial charge on any atom is 0.313 e. The lowest BCUT2D eigenvalue weighted by molar-refractivity contribution is -0.136. The van der Waals surface area contributed by atoms with E-state index in [4.69, 9.17) is 11.6 Å². The van der Waals surface area contributed by atoms with E-state index < -0.39 is 17.4 Å². The van der Waals surface area contributed by atoms with Crippen molar-refractivity contribution in [3.8, 4) is 0 Å². The van der Waals surface area contributed by atoms with Gasteiger partial charge in [-0.3, -0.25) is 9.59 Å². The molecule has 0 fully saturated rings. The SMILES string of the molecule is CC(O)(CNC(=O)C(=O)Nc1cccc(Cl)c1)c1ccsc1. The fourth-order valence-corrected chi connectivity index (χ4v) is 2.73. The van der Waals surface area contributed by atoms with Gasteiger partial charge in [-0.25, -0.2) is 0 Å². The molecule has 0 aliphatic heterocycles. The molecule has 5 nitrogen and oxygen atoms in total. The van der Waals surface area contributed by atoms with Crippen LogP contribution in [0, 0.1) is 0 Å². The van der Waals surface area contributed by atoms with Gasteiger partial charge in [0.05, 0.1) is 6.54 Å². The fourth-order valence-electron chi connectivity index (χ4n) is 1.76. The molecule has 0 spiro atoms. The van der Waals surface area contributed by atoms with E-state index >= 15 is 0 Å². The van der Waals surface area contributed by atoms with Crippen LogP contribution in [-0.2, 0) is 15.2 Å². The first kappa shape index (κ1) is 16.5. The highest BCUT2D eigenvalue weighted by molar-refractivity contribution is 7.08. The Morgan fingerprint density at radius 1 is 1.32 bits per heavy atom. The average Bonchev–Trinajstić information content (AvgIpc) is 3.00. The first-order valence-corrected chi connectivity index (χ1v) is 7.80. The first-order chi connectivity index (χ1) is 10.4. The number of hydrogen-bond acceptors (Lipinski definition) is 4. The van der Waals surface area contributed by atoms with Crippen LogP contribution >= 0.6 is 22.9 Å². The predicted molar refractivity (Wildman–Crippen MR) is 87.0 cm³/mol.